The van der Waals surface area contributed by atoms with Crippen LogP contribution in [0.2, 0.25) is 0 Å². The molecule has 0 aliphatic carbocycles. The van der Waals surface area contributed by atoms with Gasteiger partial charge in [0, 0.05) is 0 Å². The van der Waals surface area contributed by atoms with Gasteiger partial charge in [0.15, 0.2) is 5.76 Å². The van der Waals surface area contributed by atoms with Gasteiger partial charge in [0.2, 0.25) is 5.89 Å². The lowest BCUT2D eigenvalue weighted by molar-refractivity contribution is 0.480. The minimum atomic E-state index is 0.660. The Bertz CT molecular complexity index is 431. The van der Waals surface area contributed by atoms with Gasteiger partial charge in [-0.25, -0.2) is 4.98 Å². The summed E-state index contributed by atoms with van der Waals surface area (Å²) in [5.74, 6) is 2.31. The minimum Gasteiger partial charge on any atom is -0.469 e. The van der Waals surface area contributed by atoms with Crippen LogP contribution in [0.4, 0.5) is 0 Å². The number of rotatable bonds is 4. The summed E-state index contributed by atoms with van der Waals surface area (Å²) < 4.78 is 10.8. The second kappa shape index (κ2) is 4.31. The zero-order valence-corrected chi connectivity index (χ0v) is 8.91. The highest BCUT2D eigenvalue weighted by Gasteiger charge is 2.10. The predicted octanol–water partition coefficient (Wildman–Crippen LogP) is 2.35. The molecule has 1 N–H and O–H groups in total. The Morgan fingerprint density at radius 1 is 1.47 bits per heavy atom. The first-order valence-electron chi connectivity index (χ1n) is 5.01. The van der Waals surface area contributed by atoms with Gasteiger partial charge in [-0.2, -0.15) is 0 Å². The van der Waals surface area contributed by atoms with Crippen molar-refractivity contribution in [3.05, 3.63) is 30.2 Å². The largest absolute Gasteiger partial charge is 0.469 e. The molecule has 0 saturated carbocycles. The maximum absolute atomic E-state index is 5.58. The molecule has 2 rings (SSSR count). The Morgan fingerprint density at radius 3 is 3.00 bits per heavy atom. The number of nitrogens with one attached hydrogen (secondary N) is 1. The fourth-order valence-corrected chi connectivity index (χ4v) is 1.39. The summed E-state index contributed by atoms with van der Waals surface area (Å²) in [7, 11) is 0. The molecule has 2 aromatic rings. The van der Waals surface area contributed by atoms with Crippen molar-refractivity contribution < 1.29 is 8.83 Å². The monoisotopic (exact) mass is 206 g/mol. The Hall–Kier alpha value is -1.55. The van der Waals surface area contributed by atoms with Crippen molar-refractivity contribution in [3.63, 3.8) is 0 Å². The number of aryl methyl sites for hydroxylation is 1. The normalized spacial score (nSPS) is 10.8. The van der Waals surface area contributed by atoms with Gasteiger partial charge in [0.05, 0.1) is 24.6 Å². The third kappa shape index (κ3) is 2.10. The van der Waals surface area contributed by atoms with Crippen molar-refractivity contribution in [2.45, 2.75) is 20.4 Å². The molecule has 0 fully saturated rings. The quantitative estimate of drug-likeness (QED) is 0.834. The van der Waals surface area contributed by atoms with E-state index in [4.69, 9.17) is 8.83 Å². The summed E-state index contributed by atoms with van der Waals surface area (Å²) in [4.78, 5) is 4.18. The predicted molar refractivity (Wildman–Crippen MR) is 56.3 cm³/mol. The number of hydrogen-bond acceptors (Lipinski definition) is 4. The molecule has 4 heteroatoms. The van der Waals surface area contributed by atoms with Gasteiger partial charge >= 0.3 is 0 Å². The number of hydrogen-bond donors (Lipinski definition) is 1. The summed E-state index contributed by atoms with van der Waals surface area (Å²) in [6.07, 6.45) is 3.38. The number of aromatic nitrogens is 1. The van der Waals surface area contributed by atoms with Crippen LogP contribution < -0.4 is 5.32 Å². The van der Waals surface area contributed by atoms with Crippen molar-refractivity contribution in [2.24, 2.45) is 0 Å². The molecule has 15 heavy (non-hydrogen) atoms. The van der Waals surface area contributed by atoms with Gasteiger partial charge < -0.3 is 14.2 Å². The molecular weight excluding hydrogens is 192 g/mol. The van der Waals surface area contributed by atoms with E-state index in [-0.39, 0.29) is 0 Å². The van der Waals surface area contributed by atoms with Gasteiger partial charge in [-0.15, -0.1) is 0 Å². The zero-order chi connectivity index (χ0) is 10.7. The lowest BCUT2D eigenvalue weighted by Gasteiger charge is -1.95. The van der Waals surface area contributed by atoms with Gasteiger partial charge in [0.25, 0.3) is 0 Å². The van der Waals surface area contributed by atoms with Crippen molar-refractivity contribution in [1.29, 1.82) is 0 Å². The first-order chi connectivity index (χ1) is 7.31. The van der Waals surface area contributed by atoms with Gasteiger partial charge in [-0.3, -0.25) is 0 Å². The number of nitrogens with zero attached hydrogens (tertiary/aromatic N) is 1. The smallest absolute Gasteiger partial charge is 0.208 e. The molecule has 0 aliphatic rings. The Labute approximate surface area is 88.3 Å². The lowest BCUT2D eigenvalue weighted by atomic mass is 10.2. The van der Waals surface area contributed by atoms with E-state index in [9.17, 15) is 0 Å². The van der Waals surface area contributed by atoms with E-state index in [2.05, 4.69) is 10.3 Å². The van der Waals surface area contributed by atoms with Crippen molar-refractivity contribution in [3.8, 4) is 11.3 Å². The molecule has 0 saturated heterocycles. The highest BCUT2D eigenvalue weighted by Crippen LogP contribution is 2.24. The molecule has 0 aromatic carbocycles. The van der Waals surface area contributed by atoms with E-state index in [0.717, 1.165) is 23.6 Å². The first kappa shape index (κ1) is 9.98. The SMILES string of the molecule is CCNCc1ncc(-c2ccoc2C)o1. The number of furan rings is 1. The van der Waals surface area contributed by atoms with Crippen LogP contribution in [0.5, 0.6) is 0 Å². The van der Waals surface area contributed by atoms with Crippen LogP contribution in [0.25, 0.3) is 11.3 Å². The summed E-state index contributed by atoms with van der Waals surface area (Å²) in [6, 6.07) is 1.88. The van der Waals surface area contributed by atoms with Crippen LogP contribution in [-0.2, 0) is 6.54 Å². The van der Waals surface area contributed by atoms with Crippen LogP contribution in [0.1, 0.15) is 18.6 Å². The molecule has 0 unspecified atom stereocenters. The van der Waals surface area contributed by atoms with Crippen LogP contribution >= 0.6 is 0 Å². The van der Waals surface area contributed by atoms with Crippen LogP contribution in [0, 0.1) is 6.92 Å². The summed E-state index contributed by atoms with van der Waals surface area (Å²) in [5, 5.41) is 3.16. The van der Waals surface area contributed by atoms with Crippen molar-refractivity contribution in [1.82, 2.24) is 10.3 Å². The van der Waals surface area contributed by atoms with E-state index in [1.54, 1.807) is 12.5 Å². The second-order valence-electron chi connectivity index (χ2n) is 3.29. The maximum atomic E-state index is 5.58. The average Bonchev–Trinajstić information content (AvgIpc) is 2.83. The van der Waals surface area contributed by atoms with Crippen LogP contribution in [-0.4, -0.2) is 11.5 Å². The third-order valence-electron chi connectivity index (χ3n) is 2.20. The Morgan fingerprint density at radius 2 is 2.33 bits per heavy atom. The highest BCUT2D eigenvalue weighted by molar-refractivity contribution is 5.58. The molecule has 0 spiro atoms. The fraction of sp³-hybridized carbons (Fsp3) is 0.364. The number of oxazole rings is 1. The second-order valence-corrected chi connectivity index (χ2v) is 3.29. The highest BCUT2D eigenvalue weighted by atomic mass is 16.4. The molecule has 80 valence electrons. The molecule has 0 atom stereocenters. The van der Waals surface area contributed by atoms with Crippen LogP contribution in [0.3, 0.4) is 0 Å². The maximum Gasteiger partial charge on any atom is 0.208 e. The minimum absolute atomic E-state index is 0.660. The molecule has 2 heterocycles. The van der Waals surface area contributed by atoms with Gasteiger partial charge in [-0.1, -0.05) is 6.92 Å². The Balaban J connectivity index is 2.17. The Kier molecular flexibility index (Phi) is 2.87. The van der Waals surface area contributed by atoms with Crippen molar-refractivity contribution >= 4 is 0 Å². The first-order valence-corrected chi connectivity index (χ1v) is 5.01. The lowest BCUT2D eigenvalue weighted by Crippen LogP contribution is -2.11. The zero-order valence-electron chi connectivity index (χ0n) is 8.91. The average molecular weight is 206 g/mol. The van der Waals surface area contributed by atoms with E-state index in [0.29, 0.717) is 12.4 Å². The molecule has 0 radical (unpaired) electrons. The topological polar surface area (TPSA) is 51.2 Å². The molecule has 4 nitrogen and oxygen atoms in total. The third-order valence-corrected chi connectivity index (χ3v) is 2.20. The standard InChI is InChI=1S/C11H14N2O2/c1-3-12-7-11-13-6-10(15-11)9-4-5-14-8(9)2/h4-6,12H,3,7H2,1-2H3. The van der Waals surface area contributed by atoms with Gasteiger partial charge in [0.1, 0.15) is 5.76 Å². The summed E-state index contributed by atoms with van der Waals surface area (Å²) in [5.41, 5.74) is 0.963. The van der Waals surface area contributed by atoms with Gasteiger partial charge in [-0.05, 0) is 19.5 Å². The van der Waals surface area contributed by atoms with E-state index < -0.39 is 0 Å². The fourth-order valence-electron chi connectivity index (χ4n) is 1.39. The molecule has 2 aromatic heterocycles. The van der Waals surface area contributed by atoms with Crippen molar-refractivity contribution in [2.75, 3.05) is 6.54 Å². The summed E-state index contributed by atoms with van der Waals surface area (Å²) in [6.45, 7) is 5.52. The molecular formula is C11H14N2O2. The van der Waals surface area contributed by atoms with Crippen LogP contribution in [0.15, 0.2) is 27.4 Å². The molecule has 0 aliphatic heterocycles. The molecule has 0 bridgehead atoms. The summed E-state index contributed by atoms with van der Waals surface area (Å²) >= 11 is 0. The van der Waals surface area contributed by atoms with E-state index >= 15 is 0 Å². The van der Waals surface area contributed by atoms with E-state index in [1.807, 2.05) is 19.9 Å². The molecule has 0 amide bonds. The van der Waals surface area contributed by atoms with E-state index in [1.165, 1.54) is 0 Å².